The van der Waals surface area contributed by atoms with Gasteiger partial charge in [0, 0.05) is 29.4 Å². The molecular formula is C23H28N4O. The van der Waals surface area contributed by atoms with Gasteiger partial charge in [-0.05, 0) is 36.1 Å². The zero-order valence-corrected chi connectivity index (χ0v) is 16.4. The number of benzene rings is 1. The van der Waals surface area contributed by atoms with Crippen molar-refractivity contribution in [1.29, 1.82) is 0 Å². The van der Waals surface area contributed by atoms with Crippen LogP contribution in [-0.4, -0.2) is 21.9 Å². The highest BCUT2D eigenvalue weighted by Gasteiger charge is 2.10. The lowest BCUT2D eigenvalue weighted by Crippen LogP contribution is -2.22. The first-order valence-electron chi connectivity index (χ1n) is 9.98. The number of hydrogen-bond donors (Lipinski definition) is 2. The Kier molecular flexibility index (Phi) is 6.71. The number of pyridine rings is 2. The second-order valence-corrected chi connectivity index (χ2v) is 7.33. The molecule has 3 aromatic rings. The summed E-state index contributed by atoms with van der Waals surface area (Å²) in [5, 5.41) is 0.876. The van der Waals surface area contributed by atoms with E-state index in [1.807, 2.05) is 6.07 Å². The van der Waals surface area contributed by atoms with Crippen molar-refractivity contribution in [1.82, 2.24) is 9.97 Å². The monoisotopic (exact) mass is 376 g/mol. The lowest BCUT2D eigenvalue weighted by atomic mass is 9.98. The molecule has 146 valence electrons. The highest BCUT2D eigenvalue weighted by Crippen LogP contribution is 2.27. The summed E-state index contributed by atoms with van der Waals surface area (Å²) in [5.74, 6) is -0.534. The first-order valence-corrected chi connectivity index (χ1v) is 9.98. The average Bonchev–Trinajstić information content (AvgIpc) is 2.71. The predicted molar refractivity (Wildman–Crippen MR) is 114 cm³/mol. The van der Waals surface area contributed by atoms with E-state index in [1.54, 1.807) is 18.5 Å². The van der Waals surface area contributed by atoms with Crippen LogP contribution in [0, 0.1) is 0 Å². The Morgan fingerprint density at radius 1 is 1.04 bits per heavy atom. The predicted octanol–water partition coefficient (Wildman–Crippen LogP) is 4.24. The van der Waals surface area contributed by atoms with Gasteiger partial charge in [0.15, 0.2) is 0 Å². The fraction of sp³-hybridized carbons (Fsp3) is 0.348. The Morgan fingerprint density at radius 3 is 2.54 bits per heavy atom. The van der Waals surface area contributed by atoms with Gasteiger partial charge < -0.3 is 11.5 Å². The summed E-state index contributed by atoms with van der Waals surface area (Å²) >= 11 is 0. The first kappa shape index (κ1) is 20.0. The van der Waals surface area contributed by atoms with Gasteiger partial charge in [-0.1, -0.05) is 56.9 Å². The second-order valence-electron chi connectivity index (χ2n) is 7.33. The second kappa shape index (κ2) is 9.42. The Balaban J connectivity index is 1.76. The van der Waals surface area contributed by atoms with E-state index < -0.39 is 5.91 Å². The van der Waals surface area contributed by atoms with Crippen molar-refractivity contribution in [2.24, 2.45) is 11.5 Å². The highest BCUT2D eigenvalue weighted by molar-refractivity contribution is 5.97. The van der Waals surface area contributed by atoms with Crippen LogP contribution in [0.5, 0.6) is 0 Å². The molecule has 0 saturated heterocycles. The number of fused-ring (bicyclic) bond motifs is 1. The minimum atomic E-state index is -0.534. The Hall–Kier alpha value is -2.79. The van der Waals surface area contributed by atoms with E-state index in [0.717, 1.165) is 34.9 Å². The highest BCUT2D eigenvalue weighted by atomic mass is 16.1. The van der Waals surface area contributed by atoms with Crippen LogP contribution in [0.3, 0.4) is 0 Å². The summed E-state index contributed by atoms with van der Waals surface area (Å²) < 4.78 is 0. The third kappa shape index (κ3) is 4.93. The van der Waals surface area contributed by atoms with E-state index in [2.05, 4.69) is 41.2 Å². The maximum absolute atomic E-state index is 11.5. The SMILES string of the molecule is CCCCCCC(N)Cc1ccc(-c2cncc3ccc(C(N)=O)nc23)cc1. The molecule has 5 nitrogen and oxygen atoms in total. The minimum absolute atomic E-state index is 0.196. The molecule has 0 fully saturated rings. The van der Waals surface area contributed by atoms with Gasteiger partial charge in [0.25, 0.3) is 5.91 Å². The van der Waals surface area contributed by atoms with Gasteiger partial charge in [-0.15, -0.1) is 0 Å². The zero-order valence-electron chi connectivity index (χ0n) is 16.4. The molecule has 1 aromatic carbocycles. The molecule has 4 N–H and O–H groups in total. The summed E-state index contributed by atoms with van der Waals surface area (Å²) in [5.41, 5.74) is 15.8. The number of amides is 1. The standard InChI is InChI=1S/C23H28N4O/c1-2-3-4-5-6-19(24)13-16-7-9-17(10-8-16)20-15-26-14-18-11-12-21(23(25)28)27-22(18)20/h7-12,14-15,19H,2-6,13,24H2,1H3,(H2,25,28). The van der Waals surface area contributed by atoms with Crippen LogP contribution in [0.25, 0.3) is 22.0 Å². The number of rotatable bonds is 9. The number of nitrogens with two attached hydrogens (primary N) is 2. The maximum Gasteiger partial charge on any atom is 0.267 e. The zero-order chi connectivity index (χ0) is 19.9. The molecule has 5 heteroatoms. The average molecular weight is 377 g/mol. The number of hydrogen-bond acceptors (Lipinski definition) is 4. The largest absolute Gasteiger partial charge is 0.364 e. The summed E-state index contributed by atoms with van der Waals surface area (Å²) in [7, 11) is 0. The summed E-state index contributed by atoms with van der Waals surface area (Å²) in [6, 6.07) is 12.0. The number of carbonyl (C=O) groups excluding carboxylic acids is 1. The Labute approximate surface area is 166 Å². The van der Waals surface area contributed by atoms with Crippen LogP contribution >= 0.6 is 0 Å². The van der Waals surface area contributed by atoms with Crippen molar-refractivity contribution in [3.8, 4) is 11.1 Å². The van der Waals surface area contributed by atoms with E-state index in [1.165, 1.54) is 31.2 Å². The third-order valence-corrected chi connectivity index (χ3v) is 5.04. The molecular weight excluding hydrogens is 348 g/mol. The van der Waals surface area contributed by atoms with Crippen molar-refractivity contribution in [3.63, 3.8) is 0 Å². The fourth-order valence-electron chi connectivity index (χ4n) is 3.45. The van der Waals surface area contributed by atoms with Gasteiger partial charge in [0.2, 0.25) is 0 Å². The molecule has 0 bridgehead atoms. The summed E-state index contributed by atoms with van der Waals surface area (Å²) in [6.45, 7) is 2.22. The van der Waals surface area contributed by atoms with Crippen molar-refractivity contribution >= 4 is 16.8 Å². The van der Waals surface area contributed by atoms with Gasteiger partial charge in [0.1, 0.15) is 5.69 Å². The molecule has 28 heavy (non-hydrogen) atoms. The smallest absolute Gasteiger partial charge is 0.267 e. The molecule has 2 heterocycles. The van der Waals surface area contributed by atoms with Gasteiger partial charge >= 0.3 is 0 Å². The van der Waals surface area contributed by atoms with E-state index in [9.17, 15) is 4.79 Å². The normalized spacial score (nSPS) is 12.2. The molecule has 0 aliphatic heterocycles. The summed E-state index contributed by atoms with van der Waals surface area (Å²) in [6.07, 6.45) is 10.4. The maximum atomic E-state index is 11.5. The van der Waals surface area contributed by atoms with Crippen LogP contribution in [0.2, 0.25) is 0 Å². The van der Waals surface area contributed by atoms with Crippen LogP contribution in [0.15, 0.2) is 48.8 Å². The molecule has 1 atom stereocenters. The molecule has 2 aromatic heterocycles. The number of primary amides is 1. The van der Waals surface area contributed by atoms with Gasteiger partial charge in [0.05, 0.1) is 5.52 Å². The lowest BCUT2D eigenvalue weighted by molar-refractivity contribution is 0.0996. The van der Waals surface area contributed by atoms with E-state index >= 15 is 0 Å². The van der Waals surface area contributed by atoms with Crippen molar-refractivity contribution in [3.05, 3.63) is 60.0 Å². The number of nitrogens with zero attached hydrogens (tertiary/aromatic N) is 2. The quantitative estimate of drug-likeness (QED) is 0.546. The third-order valence-electron chi connectivity index (χ3n) is 5.04. The molecule has 3 rings (SSSR count). The molecule has 0 aliphatic carbocycles. The van der Waals surface area contributed by atoms with Crippen molar-refractivity contribution in [2.45, 2.75) is 51.5 Å². The fourth-order valence-corrected chi connectivity index (χ4v) is 3.45. The molecule has 0 radical (unpaired) electrons. The van der Waals surface area contributed by atoms with Crippen LogP contribution < -0.4 is 11.5 Å². The van der Waals surface area contributed by atoms with E-state index in [-0.39, 0.29) is 11.7 Å². The minimum Gasteiger partial charge on any atom is -0.364 e. The Morgan fingerprint density at radius 2 is 1.82 bits per heavy atom. The molecule has 0 aliphatic rings. The van der Waals surface area contributed by atoms with E-state index in [0.29, 0.717) is 0 Å². The molecule has 1 amide bonds. The van der Waals surface area contributed by atoms with Crippen LogP contribution in [-0.2, 0) is 6.42 Å². The lowest BCUT2D eigenvalue weighted by Gasteiger charge is -2.12. The van der Waals surface area contributed by atoms with Crippen molar-refractivity contribution < 1.29 is 4.79 Å². The summed E-state index contributed by atoms with van der Waals surface area (Å²) in [4.78, 5) is 20.2. The number of carbonyl (C=O) groups is 1. The first-order chi connectivity index (χ1) is 13.6. The topological polar surface area (TPSA) is 94.9 Å². The van der Waals surface area contributed by atoms with E-state index in [4.69, 9.17) is 11.5 Å². The number of unbranched alkanes of at least 4 members (excludes halogenated alkanes) is 3. The van der Waals surface area contributed by atoms with Crippen LogP contribution in [0.1, 0.15) is 55.1 Å². The molecule has 1 unspecified atom stereocenters. The van der Waals surface area contributed by atoms with Gasteiger partial charge in [-0.2, -0.15) is 0 Å². The number of aromatic nitrogens is 2. The van der Waals surface area contributed by atoms with Gasteiger partial charge in [-0.3, -0.25) is 9.78 Å². The van der Waals surface area contributed by atoms with Crippen LogP contribution in [0.4, 0.5) is 0 Å². The molecule has 0 spiro atoms. The Bertz CT molecular complexity index is 937. The van der Waals surface area contributed by atoms with Crippen molar-refractivity contribution in [2.75, 3.05) is 0 Å². The molecule has 0 saturated carbocycles. The van der Waals surface area contributed by atoms with Gasteiger partial charge in [-0.25, -0.2) is 4.98 Å².